The van der Waals surface area contributed by atoms with Gasteiger partial charge >= 0.3 is 0 Å². The molecular formula is C10H8BrN3. The number of nitrogens with one attached hydrogen (secondary N) is 2. The van der Waals surface area contributed by atoms with Gasteiger partial charge in [-0.05, 0) is 18.2 Å². The van der Waals surface area contributed by atoms with Crippen molar-refractivity contribution in [1.29, 1.82) is 0 Å². The van der Waals surface area contributed by atoms with E-state index in [-0.39, 0.29) is 17.0 Å². The first-order valence-corrected chi connectivity index (χ1v) is 4.18. The first-order valence-electron chi connectivity index (χ1n) is 4.18. The van der Waals surface area contributed by atoms with E-state index in [4.69, 9.17) is 0 Å². The second-order valence-corrected chi connectivity index (χ2v) is 3.00. The average molecular weight is 250 g/mol. The number of nitrogens with zero attached hydrogens (tertiary/aromatic N) is 1. The molecule has 0 saturated carbocycles. The van der Waals surface area contributed by atoms with E-state index in [0.29, 0.717) is 0 Å². The second-order valence-electron chi connectivity index (χ2n) is 3.00. The van der Waals surface area contributed by atoms with Crippen LogP contribution in [0.4, 0.5) is 0 Å². The molecule has 3 nitrogen and oxygen atoms in total. The smallest absolute Gasteiger partial charge is 0.240 e. The number of imidazole rings is 1. The van der Waals surface area contributed by atoms with Crippen molar-refractivity contribution in [2.75, 3.05) is 0 Å². The van der Waals surface area contributed by atoms with Crippen molar-refractivity contribution in [2.45, 2.75) is 0 Å². The number of rotatable bonds is 0. The van der Waals surface area contributed by atoms with Gasteiger partial charge < -0.3 is 17.0 Å². The van der Waals surface area contributed by atoms with Gasteiger partial charge in [0.15, 0.2) is 11.0 Å². The van der Waals surface area contributed by atoms with Crippen LogP contribution in [0.25, 0.3) is 21.9 Å². The number of halogens is 1. The van der Waals surface area contributed by atoms with Gasteiger partial charge in [-0.25, -0.2) is 9.97 Å². The molecule has 2 N–H and O–H groups in total. The highest BCUT2D eigenvalue weighted by Crippen LogP contribution is 2.17. The summed E-state index contributed by atoms with van der Waals surface area (Å²) >= 11 is 0. The third-order valence-corrected chi connectivity index (χ3v) is 2.22. The summed E-state index contributed by atoms with van der Waals surface area (Å²) in [5, 5.41) is 1.16. The number of aromatic nitrogens is 3. The Morgan fingerprint density at radius 2 is 2.14 bits per heavy atom. The first kappa shape index (κ1) is 9.15. The third kappa shape index (κ3) is 1.19. The minimum absolute atomic E-state index is 0. The van der Waals surface area contributed by atoms with Crippen molar-refractivity contribution in [3.05, 3.63) is 36.8 Å². The highest BCUT2D eigenvalue weighted by molar-refractivity contribution is 5.98. The molecule has 0 saturated heterocycles. The lowest BCUT2D eigenvalue weighted by Gasteiger charge is -1.92. The molecule has 0 spiro atoms. The molecular weight excluding hydrogens is 242 g/mol. The van der Waals surface area contributed by atoms with Crippen LogP contribution in [-0.4, -0.2) is 9.97 Å². The number of benzene rings is 1. The van der Waals surface area contributed by atoms with Gasteiger partial charge in [0.05, 0.1) is 0 Å². The van der Waals surface area contributed by atoms with Gasteiger partial charge in [-0.15, -0.1) is 0 Å². The van der Waals surface area contributed by atoms with E-state index in [1.807, 2.05) is 18.6 Å². The lowest BCUT2D eigenvalue weighted by molar-refractivity contribution is -0.343. The van der Waals surface area contributed by atoms with Crippen LogP contribution in [0.3, 0.4) is 0 Å². The molecule has 2 heterocycles. The molecule has 0 aliphatic rings. The number of aromatic amines is 2. The molecule has 1 aromatic carbocycles. The van der Waals surface area contributed by atoms with Crippen LogP contribution in [-0.2, 0) is 0 Å². The molecule has 14 heavy (non-hydrogen) atoms. The summed E-state index contributed by atoms with van der Waals surface area (Å²) in [5.41, 5.74) is 3.17. The fourth-order valence-electron chi connectivity index (χ4n) is 1.60. The van der Waals surface area contributed by atoms with Crippen molar-refractivity contribution in [3.63, 3.8) is 0 Å². The molecule has 3 aromatic rings. The molecule has 70 valence electrons. The van der Waals surface area contributed by atoms with E-state index < -0.39 is 0 Å². The van der Waals surface area contributed by atoms with Gasteiger partial charge in [-0.1, -0.05) is 6.07 Å². The highest BCUT2D eigenvalue weighted by Gasteiger charge is 2.06. The summed E-state index contributed by atoms with van der Waals surface area (Å²) in [6.07, 6.45) is 3.63. The predicted molar refractivity (Wildman–Crippen MR) is 50.2 cm³/mol. The number of fused-ring (bicyclic) bond motifs is 3. The van der Waals surface area contributed by atoms with Gasteiger partial charge in [0.1, 0.15) is 5.52 Å². The van der Waals surface area contributed by atoms with E-state index in [9.17, 15) is 0 Å². The van der Waals surface area contributed by atoms with Crippen molar-refractivity contribution in [1.82, 2.24) is 9.97 Å². The quantitative estimate of drug-likeness (QED) is 0.520. The lowest BCUT2D eigenvalue weighted by atomic mass is 10.2. The maximum Gasteiger partial charge on any atom is 0.240 e. The predicted octanol–water partition coefficient (Wildman–Crippen LogP) is -1.47. The number of hydrogen-bond donors (Lipinski definition) is 1. The minimum atomic E-state index is 0. The zero-order valence-corrected chi connectivity index (χ0v) is 8.88. The third-order valence-electron chi connectivity index (χ3n) is 2.22. The van der Waals surface area contributed by atoms with Gasteiger partial charge in [-0.3, -0.25) is 4.98 Å². The molecule has 0 bridgehead atoms. The number of H-pyrrole nitrogens is 2. The number of hydrogen-bond acceptors (Lipinski definition) is 1. The Bertz CT molecular complexity index is 573. The summed E-state index contributed by atoms with van der Waals surface area (Å²) in [4.78, 5) is 10.6. The molecule has 0 unspecified atom stereocenters. The largest absolute Gasteiger partial charge is 1.00 e. The summed E-state index contributed by atoms with van der Waals surface area (Å²) < 4.78 is 0. The molecule has 2 aromatic heterocycles. The van der Waals surface area contributed by atoms with Crippen LogP contribution in [0, 0.1) is 0 Å². The van der Waals surface area contributed by atoms with Crippen molar-refractivity contribution in [3.8, 4) is 0 Å². The van der Waals surface area contributed by atoms with Gasteiger partial charge in [-0.2, -0.15) is 0 Å². The maximum atomic E-state index is 4.33. The Labute approximate surface area is 91.0 Å². The van der Waals surface area contributed by atoms with Crippen LogP contribution in [0.5, 0.6) is 0 Å². The molecule has 3 rings (SSSR count). The molecule has 0 radical (unpaired) electrons. The average Bonchev–Trinajstić information content (AvgIpc) is 2.65. The van der Waals surface area contributed by atoms with Crippen LogP contribution in [0.15, 0.2) is 36.8 Å². The Balaban J connectivity index is 0.000000750. The monoisotopic (exact) mass is 249 g/mol. The zero-order valence-electron chi connectivity index (χ0n) is 7.29. The van der Waals surface area contributed by atoms with E-state index in [1.165, 1.54) is 0 Å². The van der Waals surface area contributed by atoms with Crippen molar-refractivity contribution >= 4 is 21.9 Å². The summed E-state index contributed by atoms with van der Waals surface area (Å²) in [6, 6.07) is 8.12. The normalized spacial score (nSPS) is 10.3. The standard InChI is InChI=1S/C10H7N3.BrH/c1-2-7-3-4-8-10(13-6-12-8)9(7)11-5-1;/h1-6H,(H,12,13);1H. The van der Waals surface area contributed by atoms with Crippen LogP contribution < -0.4 is 22.0 Å². The fourth-order valence-corrected chi connectivity index (χ4v) is 1.60. The number of pyridine rings is 1. The molecule has 0 aliphatic carbocycles. The molecule has 0 aliphatic heterocycles. The molecule has 0 amide bonds. The van der Waals surface area contributed by atoms with Crippen LogP contribution >= 0.6 is 0 Å². The summed E-state index contributed by atoms with van der Waals surface area (Å²) in [7, 11) is 0. The van der Waals surface area contributed by atoms with Gasteiger partial charge in [0, 0.05) is 11.6 Å². The lowest BCUT2D eigenvalue weighted by Crippen LogP contribution is -3.00. The van der Waals surface area contributed by atoms with E-state index >= 15 is 0 Å². The first-order chi connectivity index (χ1) is 6.45. The summed E-state index contributed by atoms with van der Waals surface area (Å²) in [6.45, 7) is 0. The van der Waals surface area contributed by atoms with Gasteiger partial charge in [0.2, 0.25) is 6.33 Å². The topological polar surface area (TPSA) is 42.8 Å². The Kier molecular flexibility index (Phi) is 2.21. The Hall–Kier alpha value is -1.42. The minimum Gasteiger partial charge on any atom is -1.00 e. The van der Waals surface area contributed by atoms with Crippen LogP contribution in [0.2, 0.25) is 0 Å². The van der Waals surface area contributed by atoms with Crippen molar-refractivity contribution < 1.29 is 22.0 Å². The Morgan fingerprint density at radius 1 is 1.21 bits per heavy atom. The van der Waals surface area contributed by atoms with Crippen LogP contribution in [0.1, 0.15) is 0 Å². The van der Waals surface area contributed by atoms with E-state index in [0.717, 1.165) is 21.9 Å². The SMILES string of the molecule is [Br-].c1cnc2c(c1)ccc1[nH]c[nH+]c12. The Morgan fingerprint density at radius 3 is 3.07 bits per heavy atom. The molecule has 4 heteroatoms. The highest BCUT2D eigenvalue weighted by atomic mass is 79.9. The maximum absolute atomic E-state index is 4.33. The van der Waals surface area contributed by atoms with E-state index in [2.05, 4.69) is 33.2 Å². The van der Waals surface area contributed by atoms with E-state index in [1.54, 1.807) is 0 Å². The summed E-state index contributed by atoms with van der Waals surface area (Å²) in [5.74, 6) is 0. The van der Waals surface area contributed by atoms with Crippen molar-refractivity contribution in [2.24, 2.45) is 0 Å². The molecule has 0 atom stereocenters. The second kappa shape index (κ2) is 3.38. The zero-order chi connectivity index (χ0) is 8.67. The molecule has 0 fully saturated rings. The fraction of sp³-hybridized carbons (Fsp3) is 0. The van der Waals surface area contributed by atoms with Gasteiger partial charge in [0.25, 0.3) is 0 Å².